The molecule has 136 valence electrons. The molecular formula is C23H24N2O2+2. The number of hydrogen-bond donors (Lipinski definition) is 0. The largest absolute Gasteiger partial charge is 0.705 e. The summed E-state index contributed by atoms with van der Waals surface area (Å²) in [7, 11) is 0. The molecule has 3 aliphatic heterocycles. The van der Waals surface area contributed by atoms with Crippen molar-refractivity contribution >= 4 is 11.4 Å². The van der Waals surface area contributed by atoms with Crippen LogP contribution in [0.5, 0.6) is 11.5 Å². The van der Waals surface area contributed by atoms with Crippen molar-refractivity contribution < 1.29 is 18.6 Å². The molecule has 1 aliphatic carbocycles. The molecule has 1 spiro atoms. The van der Waals surface area contributed by atoms with E-state index in [2.05, 4.69) is 59.4 Å². The molecule has 6 rings (SSSR count). The molecule has 4 nitrogen and oxygen atoms in total. The highest BCUT2D eigenvalue weighted by atomic mass is 16.7. The minimum Gasteiger partial charge on any atom is -0.341 e. The molecule has 0 aromatic heterocycles. The lowest BCUT2D eigenvalue weighted by atomic mass is 9.90. The number of para-hydroxylation sites is 2. The van der Waals surface area contributed by atoms with E-state index in [1.165, 1.54) is 48.2 Å². The van der Waals surface area contributed by atoms with E-state index < -0.39 is 6.03 Å². The molecule has 1 saturated carbocycles. The van der Waals surface area contributed by atoms with Crippen molar-refractivity contribution in [3.05, 3.63) is 59.7 Å². The minimum absolute atomic E-state index is 0.413. The average Bonchev–Trinajstić information content (AvgIpc) is 2.98. The molecule has 0 amide bonds. The zero-order chi connectivity index (χ0) is 18.2. The van der Waals surface area contributed by atoms with Gasteiger partial charge in [-0.25, -0.2) is 0 Å². The molecule has 27 heavy (non-hydrogen) atoms. The van der Waals surface area contributed by atoms with Crippen LogP contribution in [0.25, 0.3) is 0 Å². The molecule has 4 heteroatoms. The molecule has 2 aromatic rings. The number of rotatable bonds is 0. The summed E-state index contributed by atoms with van der Waals surface area (Å²) in [6.07, 6.45) is 4.89. The van der Waals surface area contributed by atoms with Crippen LogP contribution < -0.4 is 9.47 Å². The van der Waals surface area contributed by atoms with Crippen LogP contribution >= 0.6 is 0 Å². The molecule has 2 atom stereocenters. The van der Waals surface area contributed by atoms with Crippen molar-refractivity contribution in [3.63, 3.8) is 0 Å². The second kappa shape index (κ2) is 5.22. The van der Waals surface area contributed by atoms with Gasteiger partial charge in [0.05, 0.1) is 11.1 Å². The van der Waals surface area contributed by atoms with Crippen LogP contribution in [0, 0.1) is 0 Å². The van der Waals surface area contributed by atoms with E-state index in [0.717, 1.165) is 11.5 Å². The van der Waals surface area contributed by atoms with E-state index in [4.69, 9.17) is 9.47 Å². The Labute approximate surface area is 159 Å². The van der Waals surface area contributed by atoms with Crippen molar-refractivity contribution in [1.82, 2.24) is 0 Å². The zero-order valence-corrected chi connectivity index (χ0v) is 15.8. The molecule has 2 fully saturated rings. The van der Waals surface area contributed by atoms with Gasteiger partial charge in [-0.15, -0.1) is 0 Å². The maximum Gasteiger partial charge on any atom is 0.705 e. The summed E-state index contributed by atoms with van der Waals surface area (Å²) >= 11 is 0. The molecule has 0 N–H and O–H groups in total. The first-order valence-corrected chi connectivity index (χ1v) is 10.0. The summed E-state index contributed by atoms with van der Waals surface area (Å²) < 4.78 is 18.3. The van der Waals surface area contributed by atoms with Gasteiger partial charge < -0.3 is 9.47 Å². The molecular weight excluding hydrogens is 336 g/mol. The SMILES string of the molecule is CC1=[N+]2C3CCCCC3[N+]3=C(C)c4ccccc4OC23Oc2ccccc21. The van der Waals surface area contributed by atoms with E-state index in [1.807, 2.05) is 12.1 Å². The average molecular weight is 360 g/mol. The number of nitrogens with zero attached hydrogens (tertiary/aromatic N) is 2. The van der Waals surface area contributed by atoms with Crippen molar-refractivity contribution in [1.29, 1.82) is 0 Å². The third-order valence-corrected chi connectivity index (χ3v) is 6.73. The van der Waals surface area contributed by atoms with Gasteiger partial charge in [0.2, 0.25) is 12.1 Å². The fourth-order valence-electron chi connectivity index (χ4n) is 5.62. The summed E-state index contributed by atoms with van der Waals surface area (Å²) in [5, 5.41) is 0. The first-order valence-electron chi connectivity index (χ1n) is 10.0. The number of hydrogen-bond acceptors (Lipinski definition) is 2. The van der Waals surface area contributed by atoms with Gasteiger partial charge in [0.1, 0.15) is 0 Å². The van der Waals surface area contributed by atoms with Gasteiger partial charge >= 0.3 is 6.03 Å². The Hall–Kier alpha value is -2.62. The van der Waals surface area contributed by atoms with Crippen molar-refractivity contribution in [2.75, 3.05) is 0 Å². The summed E-state index contributed by atoms with van der Waals surface area (Å²) in [6, 6.07) is 16.6. The number of ether oxygens (including phenoxy) is 2. The summed E-state index contributed by atoms with van der Waals surface area (Å²) in [5.41, 5.74) is 4.86. The van der Waals surface area contributed by atoms with Gasteiger partial charge in [-0.2, -0.15) is 0 Å². The van der Waals surface area contributed by atoms with Crippen LogP contribution in [0.3, 0.4) is 0 Å². The number of benzene rings is 2. The maximum absolute atomic E-state index is 6.73. The van der Waals surface area contributed by atoms with Crippen LogP contribution in [0.1, 0.15) is 50.7 Å². The molecule has 2 unspecified atom stereocenters. The molecule has 2 aromatic carbocycles. The van der Waals surface area contributed by atoms with Crippen molar-refractivity contribution in [3.8, 4) is 11.5 Å². The van der Waals surface area contributed by atoms with Crippen LogP contribution in [-0.2, 0) is 0 Å². The van der Waals surface area contributed by atoms with E-state index in [-0.39, 0.29) is 0 Å². The molecule has 3 heterocycles. The molecule has 4 aliphatic rings. The van der Waals surface area contributed by atoms with Crippen LogP contribution in [0.15, 0.2) is 48.5 Å². The van der Waals surface area contributed by atoms with Gasteiger partial charge in [0.25, 0.3) is 0 Å². The molecule has 0 bridgehead atoms. The third-order valence-electron chi connectivity index (χ3n) is 6.73. The van der Waals surface area contributed by atoms with E-state index in [0.29, 0.717) is 12.1 Å². The molecule has 1 saturated heterocycles. The van der Waals surface area contributed by atoms with E-state index in [1.54, 1.807) is 0 Å². The lowest BCUT2D eigenvalue weighted by molar-refractivity contribution is -0.869. The monoisotopic (exact) mass is 360 g/mol. The third kappa shape index (κ3) is 1.83. The Bertz CT molecular complexity index is 953. The van der Waals surface area contributed by atoms with Gasteiger partial charge in [-0.3, -0.25) is 0 Å². The highest BCUT2D eigenvalue weighted by Crippen LogP contribution is 2.46. The summed E-state index contributed by atoms with van der Waals surface area (Å²) in [4.78, 5) is 0. The Kier molecular flexibility index (Phi) is 2.98. The van der Waals surface area contributed by atoms with Gasteiger partial charge in [-0.05, 0) is 37.1 Å². The summed E-state index contributed by atoms with van der Waals surface area (Å²) in [5.74, 6) is 1.81. The first kappa shape index (κ1) is 15.4. The Morgan fingerprint density at radius 1 is 0.741 bits per heavy atom. The highest BCUT2D eigenvalue weighted by molar-refractivity contribution is 5.99. The van der Waals surface area contributed by atoms with Crippen LogP contribution in [-0.4, -0.2) is 38.7 Å². The van der Waals surface area contributed by atoms with Gasteiger partial charge in [0, 0.05) is 26.7 Å². The number of fused-ring (bicyclic) bond motifs is 5. The molecule has 0 radical (unpaired) electrons. The first-order chi connectivity index (χ1) is 13.2. The van der Waals surface area contributed by atoms with E-state index >= 15 is 0 Å². The summed E-state index contributed by atoms with van der Waals surface area (Å²) in [6.45, 7) is 4.44. The zero-order valence-electron chi connectivity index (χ0n) is 15.8. The Morgan fingerprint density at radius 2 is 1.19 bits per heavy atom. The predicted octanol–water partition coefficient (Wildman–Crippen LogP) is 3.75. The topological polar surface area (TPSA) is 24.5 Å². The lowest BCUT2D eigenvalue weighted by Gasteiger charge is -2.30. The predicted molar refractivity (Wildman–Crippen MR) is 103 cm³/mol. The normalized spacial score (nSPS) is 30.4. The highest BCUT2D eigenvalue weighted by Gasteiger charge is 2.78. The fourth-order valence-corrected chi connectivity index (χ4v) is 5.62. The van der Waals surface area contributed by atoms with E-state index in [9.17, 15) is 0 Å². The van der Waals surface area contributed by atoms with Crippen LogP contribution in [0.4, 0.5) is 0 Å². The Morgan fingerprint density at radius 3 is 1.67 bits per heavy atom. The second-order valence-corrected chi connectivity index (χ2v) is 8.07. The maximum atomic E-state index is 6.73. The van der Waals surface area contributed by atoms with Gasteiger partial charge in [-0.1, -0.05) is 33.4 Å². The second-order valence-electron chi connectivity index (χ2n) is 8.07. The minimum atomic E-state index is -0.906. The van der Waals surface area contributed by atoms with Gasteiger partial charge in [0.15, 0.2) is 22.9 Å². The standard InChI is InChI=1S/C23H24N2O2/c1-15-17-9-3-7-13-21(17)26-23-24(15)19-11-5-6-12-20(19)25(23)16(2)18-10-4-8-14-22(18)27-23/h3-4,7-10,13-14,19-20H,5-6,11-12H2,1-2H3/q+2. The van der Waals surface area contributed by atoms with Crippen LogP contribution in [0.2, 0.25) is 0 Å². The quantitative estimate of drug-likeness (QED) is 0.669. The lowest BCUT2D eigenvalue weighted by Crippen LogP contribution is -2.62. The van der Waals surface area contributed by atoms with Crippen molar-refractivity contribution in [2.45, 2.75) is 57.6 Å². The Balaban J connectivity index is 1.69. The van der Waals surface area contributed by atoms with Crippen molar-refractivity contribution in [2.24, 2.45) is 0 Å². The smallest absolute Gasteiger partial charge is 0.341 e. The fraction of sp³-hybridized carbons (Fsp3) is 0.391.